The van der Waals surface area contributed by atoms with Gasteiger partial charge in [-0.1, -0.05) is 63.8 Å². The Hall–Kier alpha value is -2.38. The highest BCUT2D eigenvalue weighted by atomic mass is 79.9. The summed E-state index contributed by atoms with van der Waals surface area (Å²) in [7, 11) is 1.57. The highest BCUT2D eigenvalue weighted by Gasteiger charge is 2.23. The fraction of sp³-hybridized carbons (Fsp3) is 0.444. The predicted molar refractivity (Wildman–Crippen MR) is 145 cm³/mol. The smallest absolute Gasteiger partial charge is 0.282 e. The molecule has 0 unspecified atom stereocenters. The maximum Gasteiger partial charge on any atom is 0.282 e. The SMILES string of the molecule is COc1cc(C=Nn2c(C3CCCCC3)nc3ccccc3c2=O)c(Br)c(Cl)c1OCC(C)(C)C. The first-order chi connectivity index (χ1) is 16.7. The molecule has 1 aliphatic rings. The molecular weight excluding hydrogens is 530 g/mol. The van der Waals surface area contributed by atoms with Crippen molar-refractivity contribution in [1.29, 1.82) is 0 Å². The van der Waals surface area contributed by atoms with Crippen LogP contribution in [0, 0.1) is 5.41 Å². The van der Waals surface area contributed by atoms with E-state index in [1.54, 1.807) is 25.5 Å². The maximum absolute atomic E-state index is 13.4. The quantitative estimate of drug-likeness (QED) is 0.300. The van der Waals surface area contributed by atoms with Crippen LogP contribution in [0.15, 0.2) is 44.7 Å². The molecule has 0 atom stereocenters. The molecule has 8 heteroatoms. The molecule has 1 aromatic heterocycles. The molecule has 4 rings (SSSR count). The first-order valence-corrected chi connectivity index (χ1v) is 13.1. The first-order valence-electron chi connectivity index (χ1n) is 11.9. The lowest BCUT2D eigenvalue weighted by molar-refractivity contribution is 0.191. The van der Waals surface area contributed by atoms with Crippen molar-refractivity contribution in [3.05, 3.63) is 61.6 Å². The van der Waals surface area contributed by atoms with Gasteiger partial charge in [-0.2, -0.15) is 9.78 Å². The van der Waals surface area contributed by atoms with E-state index < -0.39 is 0 Å². The number of benzene rings is 2. The van der Waals surface area contributed by atoms with Crippen LogP contribution in [0.25, 0.3) is 10.9 Å². The van der Waals surface area contributed by atoms with E-state index in [0.29, 0.717) is 49.9 Å². The Morgan fingerprint density at radius 1 is 1.23 bits per heavy atom. The number of para-hydroxylation sites is 1. The normalized spacial score (nSPS) is 15.1. The Morgan fingerprint density at radius 2 is 1.94 bits per heavy atom. The average molecular weight is 561 g/mol. The summed E-state index contributed by atoms with van der Waals surface area (Å²) in [4.78, 5) is 18.3. The number of hydrogen-bond donors (Lipinski definition) is 0. The van der Waals surface area contributed by atoms with E-state index in [9.17, 15) is 4.79 Å². The lowest BCUT2D eigenvalue weighted by atomic mass is 9.88. The molecule has 6 nitrogen and oxygen atoms in total. The van der Waals surface area contributed by atoms with Crippen molar-refractivity contribution in [2.24, 2.45) is 10.5 Å². The Bertz CT molecular complexity index is 1310. The highest BCUT2D eigenvalue weighted by Crippen LogP contribution is 2.42. The molecule has 1 aliphatic carbocycles. The molecule has 0 N–H and O–H groups in total. The van der Waals surface area contributed by atoms with Crippen LogP contribution >= 0.6 is 27.5 Å². The Morgan fingerprint density at radius 3 is 2.63 bits per heavy atom. The summed E-state index contributed by atoms with van der Waals surface area (Å²) < 4.78 is 13.6. The van der Waals surface area contributed by atoms with Crippen LogP contribution in [-0.2, 0) is 0 Å². The van der Waals surface area contributed by atoms with E-state index in [1.807, 2.05) is 18.2 Å². The van der Waals surface area contributed by atoms with Gasteiger partial charge in [-0.3, -0.25) is 4.79 Å². The van der Waals surface area contributed by atoms with Gasteiger partial charge in [0.1, 0.15) is 10.8 Å². The number of nitrogens with zero attached hydrogens (tertiary/aromatic N) is 3. The number of rotatable bonds is 6. The van der Waals surface area contributed by atoms with Gasteiger partial charge < -0.3 is 9.47 Å². The summed E-state index contributed by atoms with van der Waals surface area (Å²) in [6.45, 7) is 6.74. The second-order valence-corrected chi connectivity index (χ2v) is 11.3. The summed E-state index contributed by atoms with van der Waals surface area (Å²) >= 11 is 10.2. The van der Waals surface area contributed by atoms with Gasteiger partial charge in [0.15, 0.2) is 11.5 Å². The van der Waals surface area contributed by atoms with Gasteiger partial charge in [-0.25, -0.2) is 4.98 Å². The molecule has 0 bridgehead atoms. The minimum absolute atomic E-state index is 0.0410. The number of aromatic nitrogens is 2. The van der Waals surface area contributed by atoms with E-state index in [0.717, 1.165) is 25.7 Å². The van der Waals surface area contributed by atoms with Crippen LogP contribution in [0.5, 0.6) is 11.5 Å². The van der Waals surface area contributed by atoms with Gasteiger partial charge >= 0.3 is 0 Å². The van der Waals surface area contributed by atoms with E-state index in [-0.39, 0.29) is 16.9 Å². The second kappa shape index (κ2) is 10.7. The molecule has 1 heterocycles. The second-order valence-electron chi connectivity index (χ2n) is 10.2. The fourth-order valence-electron chi connectivity index (χ4n) is 4.27. The number of methoxy groups -OCH3 is 1. The first kappa shape index (κ1) is 25.7. The minimum atomic E-state index is -0.174. The Kier molecular flexibility index (Phi) is 7.86. The summed E-state index contributed by atoms with van der Waals surface area (Å²) in [5.74, 6) is 1.89. The number of ether oxygens (including phenoxy) is 2. The Labute approximate surface area is 219 Å². The summed E-state index contributed by atoms with van der Waals surface area (Å²) in [6, 6.07) is 9.23. The lowest BCUT2D eigenvalue weighted by Crippen LogP contribution is -2.25. The highest BCUT2D eigenvalue weighted by molar-refractivity contribution is 9.10. The van der Waals surface area contributed by atoms with Crippen molar-refractivity contribution in [2.75, 3.05) is 13.7 Å². The number of fused-ring (bicyclic) bond motifs is 1. The largest absolute Gasteiger partial charge is 0.493 e. The van der Waals surface area contributed by atoms with E-state index in [1.165, 1.54) is 11.1 Å². The predicted octanol–water partition coefficient (Wildman–Crippen LogP) is 7.18. The van der Waals surface area contributed by atoms with Gasteiger partial charge in [-0.05, 0) is 52.4 Å². The maximum atomic E-state index is 13.4. The molecule has 0 aliphatic heterocycles. The molecule has 0 spiro atoms. The van der Waals surface area contributed by atoms with Crippen LogP contribution in [0.4, 0.5) is 0 Å². The third-order valence-corrected chi connectivity index (χ3v) is 7.53. The lowest BCUT2D eigenvalue weighted by Gasteiger charge is -2.23. The van der Waals surface area contributed by atoms with Crippen molar-refractivity contribution in [1.82, 2.24) is 9.66 Å². The van der Waals surface area contributed by atoms with Gasteiger partial charge in [-0.15, -0.1) is 0 Å². The molecule has 0 radical (unpaired) electrons. The molecule has 3 aromatic rings. The van der Waals surface area contributed by atoms with Gasteiger partial charge in [0.2, 0.25) is 0 Å². The zero-order valence-corrected chi connectivity index (χ0v) is 22.9. The van der Waals surface area contributed by atoms with Crippen LogP contribution in [0.1, 0.15) is 70.2 Å². The third-order valence-electron chi connectivity index (χ3n) is 6.09. The monoisotopic (exact) mass is 559 g/mol. The average Bonchev–Trinajstić information content (AvgIpc) is 2.85. The number of hydrogen-bond acceptors (Lipinski definition) is 5. The van der Waals surface area contributed by atoms with Crippen molar-refractivity contribution < 1.29 is 9.47 Å². The molecule has 0 amide bonds. The molecule has 186 valence electrons. The van der Waals surface area contributed by atoms with E-state index >= 15 is 0 Å². The van der Waals surface area contributed by atoms with Gasteiger partial charge in [0.05, 0.1) is 30.8 Å². The van der Waals surface area contributed by atoms with Crippen molar-refractivity contribution in [3.8, 4) is 11.5 Å². The van der Waals surface area contributed by atoms with Crippen LogP contribution < -0.4 is 15.0 Å². The third kappa shape index (κ3) is 5.72. The van der Waals surface area contributed by atoms with Crippen LogP contribution in [0.3, 0.4) is 0 Å². The summed E-state index contributed by atoms with van der Waals surface area (Å²) in [6.07, 6.45) is 7.10. The van der Waals surface area contributed by atoms with Crippen molar-refractivity contribution in [2.45, 2.75) is 58.8 Å². The molecule has 0 saturated heterocycles. The zero-order chi connectivity index (χ0) is 25.2. The molecular formula is C27H31BrClN3O3. The summed E-state index contributed by atoms with van der Waals surface area (Å²) in [5, 5.41) is 5.57. The van der Waals surface area contributed by atoms with Crippen molar-refractivity contribution >= 4 is 44.6 Å². The molecule has 1 fully saturated rings. The van der Waals surface area contributed by atoms with E-state index in [2.05, 4.69) is 41.8 Å². The number of halogens is 2. The van der Waals surface area contributed by atoms with Crippen LogP contribution in [0.2, 0.25) is 5.02 Å². The van der Waals surface area contributed by atoms with Gasteiger partial charge in [0, 0.05) is 16.0 Å². The van der Waals surface area contributed by atoms with Gasteiger partial charge in [0.25, 0.3) is 5.56 Å². The molecule has 1 saturated carbocycles. The minimum Gasteiger partial charge on any atom is -0.493 e. The molecule has 2 aromatic carbocycles. The van der Waals surface area contributed by atoms with Crippen molar-refractivity contribution in [3.63, 3.8) is 0 Å². The molecule has 35 heavy (non-hydrogen) atoms. The van der Waals surface area contributed by atoms with Crippen LogP contribution in [-0.4, -0.2) is 29.6 Å². The topological polar surface area (TPSA) is 65.7 Å². The van der Waals surface area contributed by atoms with E-state index in [4.69, 9.17) is 26.1 Å². The Balaban J connectivity index is 1.78. The standard InChI is InChI=1S/C27H31BrClN3O3/c1-27(2,3)16-35-24-21(34-4)14-18(22(28)23(24)29)15-30-32-25(17-10-6-5-7-11-17)31-20-13-9-8-12-19(20)26(32)33/h8-9,12-15,17H,5-7,10-11,16H2,1-4H3. The summed E-state index contributed by atoms with van der Waals surface area (Å²) in [5.41, 5.74) is 1.16. The zero-order valence-electron chi connectivity index (χ0n) is 20.6. The fourth-order valence-corrected chi connectivity index (χ4v) is 4.92.